The lowest BCUT2D eigenvalue weighted by Gasteiger charge is -2.20. The highest BCUT2D eigenvalue weighted by Gasteiger charge is 2.21. The zero-order chi connectivity index (χ0) is 12.1. The van der Waals surface area contributed by atoms with Crippen LogP contribution in [0.4, 0.5) is 4.39 Å². The first kappa shape index (κ1) is 16.2. The van der Waals surface area contributed by atoms with Crippen molar-refractivity contribution in [3.63, 3.8) is 0 Å². The Morgan fingerprint density at radius 1 is 1.47 bits per heavy atom. The molecule has 0 saturated heterocycles. The molecule has 0 aliphatic carbocycles. The first-order valence-electron chi connectivity index (χ1n) is 5.37. The quantitative estimate of drug-likeness (QED) is 0.858. The van der Waals surface area contributed by atoms with Crippen LogP contribution in [0, 0.1) is 5.82 Å². The topological polar surface area (TPSA) is 55.5 Å². The molecule has 3 nitrogen and oxygen atoms in total. The van der Waals surface area contributed by atoms with Crippen LogP contribution in [0.2, 0.25) is 0 Å². The van der Waals surface area contributed by atoms with E-state index < -0.39 is 18.0 Å². The van der Waals surface area contributed by atoms with Crippen molar-refractivity contribution in [3.05, 3.63) is 29.6 Å². The molecule has 0 heterocycles. The molecule has 0 unspecified atom stereocenters. The van der Waals surface area contributed by atoms with Gasteiger partial charge in [0.05, 0.1) is 19.3 Å². The minimum absolute atomic E-state index is 0. The number of rotatable bonds is 5. The van der Waals surface area contributed by atoms with E-state index in [0.29, 0.717) is 12.0 Å². The summed E-state index contributed by atoms with van der Waals surface area (Å²) < 4.78 is 18.4. The van der Waals surface area contributed by atoms with Gasteiger partial charge >= 0.3 is 0 Å². The molecule has 0 fully saturated rings. The van der Waals surface area contributed by atoms with Crippen molar-refractivity contribution >= 4 is 12.4 Å². The smallest absolute Gasteiger partial charge is 0.165 e. The second-order valence-corrected chi connectivity index (χ2v) is 3.74. The molecule has 1 aromatic rings. The predicted octanol–water partition coefficient (Wildman–Crippen LogP) is 2.42. The third kappa shape index (κ3) is 3.84. The number of nitrogens with two attached hydrogens (primary N) is 1. The van der Waals surface area contributed by atoms with E-state index in [1.807, 2.05) is 6.92 Å². The largest absolute Gasteiger partial charge is 0.493 e. The fourth-order valence-electron chi connectivity index (χ4n) is 1.69. The number of methoxy groups -OCH3 is 1. The molecule has 0 radical (unpaired) electrons. The minimum atomic E-state index is -0.680. The number of aliphatic hydroxyl groups excluding tert-OH is 1. The fourth-order valence-corrected chi connectivity index (χ4v) is 1.69. The molecule has 1 aromatic carbocycles. The predicted molar refractivity (Wildman–Crippen MR) is 68.0 cm³/mol. The van der Waals surface area contributed by atoms with Crippen LogP contribution in [0.1, 0.15) is 31.4 Å². The Morgan fingerprint density at radius 2 is 2.12 bits per heavy atom. The van der Waals surface area contributed by atoms with Gasteiger partial charge < -0.3 is 15.6 Å². The fraction of sp³-hybridized carbons (Fsp3) is 0.500. The molecule has 17 heavy (non-hydrogen) atoms. The van der Waals surface area contributed by atoms with E-state index in [9.17, 15) is 9.50 Å². The van der Waals surface area contributed by atoms with Crippen LogP contribution in [-0.2, 0) is 0 Å². The number of ether oxygens (including phenoxy) is 1. The Hall–Kier alpha value is -0.840. The van der Waals surface area contributed by atoms with Crippen molar-refractivity contribution in [2.75, 3.05) is 7.11 Å². The van der Waals surface area contributed by atoms with Crippen LogP contribution in [0.3, 0.4) is 0 Å². The summed E-state index contributed by atoms with van der Waals surface area (Å²) in [5.74, 6) is -0.343. The molecule has 2 atom stereocenters. The van der Waals surface area contributed by atoms with Gasteiger partial charge in [0.1, 0.15) is 0 Å². The van der Waals surface area contributed by atoms with E-state index in [1.54, 1.807) is 12.1 Å². The third-order valence-corrected chi connectivity index (χ3v) is 2.56. The van der Waals surface area contributed by atoms with Crippen LogP contribution in [-0.4, -0.2) is 18.3 Å². The molecular formula is C12H19ClFNO2. The second kappa shape index (κ2) is 7.48. The molecule has 5 heteroatoms. The van der Waals surface area contributed by atoms with E-state index in [1.165, 1.54) is 13.2 Å². The third-order valence-electron chi connectivity index (χ3n) is 2.56. The molecule has 0 aliphatic rings. The van der Waals surface area contributed by atoms with Gasteiger partial charge in [-0.3, -0.25) is 0 Å². The SMILES string of the molecule is CCC[C@@H](O)[C@@H](N)c1cccc(F)c1OC.Cl. The first-order valence-corrected chi connectivity index (χ1v) is 5.37. The monoisotopic (exact) mass is 263 g/mol. The minimum Gasteiger partial charge on any atom is -0.493 e. The summed E-state index contributed by atoms with van der Waals surface area (Å²) in [4.78, 5) is 0. The highest BCUT2D eigenvalue weighted by Crippen LogP contribution is 2.29. The zero-order valence-electron chi connectivity index (χ0n) is 10.0. The summed E-state index contributed by atoms with van der Waals surface area (Å²) in [7, 11) is 1.39. The Bertz CT molecular complexity index is 349. The van der Waals surface area contributed by atoms with Gasteiger partial charge in [-0.25, -0.2) is 4.39 Å². The van der Waals surface area contributed by atoms with Gasteiger partial charge in [-0.1, -0.05) is 25.5 Å². The molecule has 0 aromatic heterocycles. The summed E-state index contributed by atoms with van der Waals surface area (Å²) in [6.45, 7) is 1.96. The molecule has 0 bridgehead atoms. The lowest BCUT2D eigenvalue weighted by molar-refractivity contribution is 0.133. The van der Waals surface area contributed by atoms with Gasteiger partial charge in [-0.05, 0) is 12.5 Å². The van der Waals surface area contributed by atoms with E-state index in [2.05, 4.69) is 0 Å². The zero-order valence-corrected chi connectivity index (χ0v) is 10.8. The lowest BCUT2D eigenvalue weighted by Crippen LogP contribution is -2.26. The number of benzene rings is 1. The molecule has 0 aliphatic heterocycles. The van der Waals surface area contributed by atoms with E-state index in [0.717, 1.165) is 6.42 Å². The van der Waals surface area contributed by atoms with Gasteiger partial charge in [0.15, 0.2) is 11.6 Å². The highest BCUT2D eigenvalue weighted by atomic mass is 35.5. The van der Waals surface area contributed by atoms with Crippen LogP contribution in [0.15, 0.2) is 18.2 Å². The standard InChI is InChI=1S/C12H18FNO2.ClH/c1-3-5-10(15)11(14)8-6-4-7-9(13)12(8)16-2;/h4,6-7,10-11,15H,3,5,14H2,1-2H3;1H/t10-,11+;/m1./s1. The number of halogens is 2. The molecule has 0 spiro atoms. The lowest BCUT2D eigenvalue weighted by atomic mass is 9.98. The summed E-state index contributed by atoms with van der Waals surface area (Å²) in [5, 5.41) is 9.78. The van der Waals surface area contributed by atoms with Crippen LogP contribution < -0.4 is 10.5 Å². The van der Waals surface area contributed by atoms with Crippen molar-refractivity contribution in [1.82, 2.24) is 0 Å². The number of hydrogen-bond donors (Lipinski definition) is 2. The Morgan fingerprint density at radius 3 is 2.65 bits per heavy atom. The van der Waals surface area contributed by atoms with Gasteiger partial charge in [0, 0.05) is 5.56 Å². The molecule has 0 saturated carbocycles. The maximum Gasteiger partial charge on any atom is 0.165 e. The number of hydrogen-bond acceptors (Lipinski definition) is 3. The molecular weight excluding hydrogens is 245 g/mol. The normalized spacial score (nSPS) is 13.7. The Kier molecular flexibility index (Phi) is 7.11. The van der Waals surface area contributed by atoms with E-state index >= 15 is 0 Å². The van der Waals surface area contributed by atoms with Gasteiger partial charge in [-0.15, -0.1) is 12.4 Å². The summed E-state index contributed by atoms with van der Waals surface area (Å²) >= 11 is 0. The maximum atomic E-state index is 13.4. The van der Waals surface area contributed by atoms with Crippen molar-refractivity contribution in [1.29, 1.82) is 0 Å². The van der Waals surface area contributed by atoms with E-state index in [-0.39, 0.29) is 18.2 Å². The van der Waals surface area contributed by atoms with Gasteiger partial charge in [0.2, 0.25) is 0 Å². The first-order chi connectivity index (χ1) is 7.61. The second-order valence-electron chi connectivity index (χ2n) is 3.74. The Balaban J connectivity index is 0.00000256. The Labute approximate surface area is 107 Å². The van der Waals surface area contributed by atoms with Crippen molar-refractivity contribution in [3.8, 4) is 5.75 Å². The molecule has 0 amide bonds. The summed E-state index contributed by atoms with van der Waals surface area (Å²) in [6, 6.07) is 3.92. The van der Waals surface area contributed by atoms with Crippen molar-refractivity contribution in [2.24, 2.45) is 5.73 Å². The number of aliphatic hydroxyl groups is 1. The average Bonchev–Trinajstić information content (AvgIpc) is 2.28. The van der Waals surface area contributed by atoms with Crippen molar-refractivity contribution in [2.45, 2.75) is 31.9 Å². The van der Waals surface area contributed by atoms with Crippen LogP contribution >= 0.6 is 12.4 Å². The summed E-state index contributed by atoms with van der Waals surface area (Å²) in [5.41, 5.74) is 6.38. The molecule has 1 rings (SSSR count). The van der Waals surface area contributed by atoms with Crippen LogP contribution in [0.25, 0.3) is 0 Å². The maximum absolute atomic E-state index is 13.4. The van der Waals surface area contributed by atoms with E-state index in [4.69, 9.17) is 10.5 Å². The molecule has 3 N–H and O–H groups in total. The van der Waals surface area contributed by atoms with Crippen molar-refractivity contribution < 1.29 is 14.2 Å². The van der Waals surface area contributed by atoms with Gasteiger partial charge in [-0.2, -0.15) is 0 Å². The highest BCUT2D eigenvalue weighted by molar-refractivity contribution is 5.85. The summed E-state index contributed by atoms with van der Waals surface area (Å²) in [6.07, 6.45) is 0.730. The average molecular weight is 264 g/mol. The molecule has 98 valence electrons. The van der Waals surface area contributed by atoms with Crippen LogP contribution in [0.5, 0.6) is 5.75 Å². The number of para-hydroxylation sites is 1. The van der Waals surface area contributed by atoms with Gasteiger partial charge in [0.25, 0.3) is 0 Å².